The van der Waals surface area contributed by atoms with Crippen molar-refractivity contribution in [2.45, 2.75) is 32.1 Å². The number of hydrogen-bond acceptors (Lipinski definition) is 3. The first-order valence-corrected chi connectivity index (χ1v) is 7.99. The summed E-state index contributed by atoms with van der Waals surface area (Å²) in [6, 6.07) is 2.88. The van der Waals surface area contributed by atoms with Crippen LogP contribution in [0.25, 0.3) is 0 Å². The minimum Gasteiger partial charge on any atom is -0.365 e. The lowest BCUT2D eigenvalue weighted by atomic mass is 10.1. The van der Waals surface area contributed by atoms with Crippen LogP contribution in [0.5, 0.6) is 0 Å². The molecule has 0 bridgehead atoms. The molecule has 5 heteroatoms. The Hall–Kier alpha value is -0.810. The van der Waals surface area contributed by atoms with E-state index in [1.54, 1.807) is 0 Å². The van der Waals surface area contributed by atoms with Crippen molar-refractivity contribution in [3.8, 4) is 0 Å². The molecule has 0 aromatic heterocycles. The number of benzene rings is 1. The zero-order valence-corrected chi connectivity index (χ0v) is 13.1. The number of halogens is 2. The van der Waals surface area contributed by atoms with Gasteiger partial charge in [-0.2, -0.15) is 11.8 Å². The molecule has 2 nitrogen and oxygen atoms in total. The molecule has 1 aromatic rings. The highest BCUT2D eigenvalue weighted by Crippen LogP contribution is 2.34. The molecule has 0 aliphatic carbocycles. The van der Waals surface area contributed by atoms with Crippen LogP contribution >= 0.6 is 11.8 Å². The predicted molar refractivity (Wildman–Crippen MR) is 82.5 cm³/mol. The highest BCUT2D eigenvalue weighted by molar-refractivity contribution is 8.00. The molecule has 1 heterocycles. The van der Waals surface area contributed by atoms with Gasteiger partial charge in [-0.3, -0.25) is 0 Å². The molecule has 0 spiro atoms. The van der Waals surface area contributed by atoms with Crippen LogP contribution in [-0.4, -0.2) is 30.1 Å². The second-order valence-corrected chi connectivity index (χ2v) is 7.52. The Labute approximate surface area is 123 Å². The van der Waals surface area contributed by atoms with Crippen molar-refractivity contribution in [1.29, 1.82) is 0 Å². The van der Waals surface area contributed by atoms with E-state index in [1.165, 1.54) is 12.1 Å². The molecule has 1 aromatic carbocycles. The van der Waals surface area contributed by atoms with Crippen molar-refractivity contribution < 1.29 is 8.78 Å². The first-order chi connectivity index (χ1) is 9.43. The summed E-state index contributed by atoms with van der Waals surface area (Å²) in [6.07, 6.45) is 0. The average Bonchev–Trinajstić information content (AvgIpc) is 2.34. The Balaban J connectivity index is 2.23. The second kappa shape index (κ2) is 6.31. The fourth-order valence-corrected chi connectivity index (χ4v) is 3.61. The predicted octanol–water partition coefficient (Wildman–Crippen LogP) is 3.41. The zero-order valence-electron chi connectivity index (χ0n) is 12.3. The zero-order chi connectivity index (χ0) is 14.8. The second-order valence-electron chi connectivity index (χ2n) is 5.72. The average molecular weight is 300 g/mol. The Morgan fingerprint density at radius 3 is 2.50 bits per heavy atom. The first-order valence-electron chi connectivity index (χ1n) is 7.00. The van der Waals surface area contributed by atoms with Gasteiger partial charge in [0, 0.05) is 30.1 Å². The summed E-state index contributed by atoms with van der Waals surface area (Å²) in [6.45, 7) is 8.81. The van der Waals surface area contributed by atoms with Crippen LogP contribution in [0, 0.1) is 11.6 Å². The fourth-order valence-electron chi connectivity index (χ4n) is 2.50. The smallest absolute Gasteiger partial charge is 0.149 e. The van der Waals surface area contributed by atoms with Gasteiger partial charge >= 0.3 is 0 Å². The lowest BCUT2D eigenvalue weighted by Gasteiger charge is -2.39. The van der Waals surface area contributed by atoms with Gasteiger partial charge in [0.15, 0.2) is 0 Å². The molecule has 1 aliphatic rings. The van der Waals surface area contributed by atoms with Crippen LogP contribution in [0.3, 0.4) is 0 Å². The van der Waals surface area contributed by atoms with Gasteiger partial charge < -0.3 is 10.2 Å². The highest BCUT2D eigenvalue weighted by Gasteiger charge is 2.30. The van der Waals surface area contributed by atoms with Gasteiger partial charge in [-0.05, 0) is 38.1 Å². The van der Waals surface area contributed by atoms with E-state index in [0.717, 1.165) is 12.3 Å². The normalized spacial score (nSPS) is 18.4. The van der Waals surface area contributed by atoms with Gasteiger partial charge in [-0.1, -0.05) is 6.92 Å². The standard InChI is InChI=1S/C15H22F2N2S/c1-4-18-9-11-7-12(16)14(13(17)8-11)19-5-6-20-15(2,3)10-19/h7-8,18H,4-6,9-10H2,1-3H3. The van der Waals surface area contributed by atoms with E-state index in [9.17, 15) is 8.78 Å². The van der Waals surface area contributed by atoms with Crippen molar-refractivity contribution >= 4 is 17.4 Å². The summed E-state index contributed by atoms with van der Waals surface area (Å²) in [5.41, 5.74) is 0.773. The molecule has 0 amide bonds. The molecular weight excluding hydrogens is 278 g/mol. The molecule has 112 valence electrons. The third kappa shape index (κ3) is 3.64. The van der Waals surface area contributed by atoms with Gasteiger partial charge in [0.1, 0.15) is 17.3 Å². The number of anilines is 1. The maximum Gasteiger partial charge on any atom is 0.149 e. The molecule has 1 aliphatic heterocycles. The van der Waals surface area contributed by atoms with Gasteiger partial charge in [-0.25, -0.2) is 8.78 Å². The van der Waals surface area contributed by atoms with Gasteiger partial charge in [0.25, 0.3) is 0 Å². The number of nitrogens with one attached hydrogen (secondary N) is 1. The Morgan fingerprint density at radius 2 is 1.95 bits per heavy atom. The maximum absolute atomic E-state index is 14.3. The van der Waals surface area contributed by atoms with Crippen LogP contribution in [-0.2, 0) is 6.54 Å². The molecule has 0 radical (unpaired) electrons. The van der Waals surface area contributed by atoms with Crippen molar-refractivity contribution in [2.24, 2.45) is 0 Å². The summed E-state index contributed by atoms with van der Waals surface area (Å²) >= 11 is 1.85. The lowest BCUT2D eigenvalue weighted by molar-refractivity contribution is 0.552. The fraction of sp³-hybridized carbons (Fsp3) is 0.600. The van der Waals surface area contributed by atoms with Gasteiger partial charge in [0.2, 0.25) is 0 Å². The molecule has 0 atom stereocenters. The van der Waals surface area contributed by atoms with E-state index in [-0.39, 0.29) is 10.4 Å². The van der Waals surface area contributed by atoms with Crippen LogP contribution < -0.4 is 10.2 Å². The van der Waals surface area contributed by atoms with Crippen LogP contribution in [0.15, 0.2) is 12.1 Å². The molecule has 1 saturated heterocycles. The van der Waals surface area contributed by atoms with Crippen molar-refractivity contribution in [2.75, 3.05) is 30.3 Å². The number of rotatable bonds is 4. The summed E-state index contributed by atoms with van der Waals surface area (Å²) in [4.78, 5) is 1.83. The summed E-state index contributed by atoms with van der Waals surface area (Å²) in [5.74, 6) is -0.0217. The van der Waals surface area contributed by atoms with E-state index < -0.39 is 11.6 Å². The summed E-state index contributed by atoms with van der Waals surface area (Å²) in [7, 11) is 0. The molecule has 0 saturated carbocycles. The number of nitrogens with zero attached hydrogens (tertiary/aromatic N) is 1. The van der Waals surface area contributed by atoms with Crippen molar-refractivity contribution in [1.82, 2.24) is 5.32 Å². The summed E-state index contributed by atoms with van der Waals surface area (Å²) < 4.78 is 28.5. The lowest BCUT2D eigenvalue weighted by Crippen LogP contribution is -2.44. The molecule has 1 N–H and O–H groups in total. The van der Waals surface area contributed by atoms with Gasteiger partial charge in [0.05, 0.1) is 0 Å². The Kier molecular flexibility index (Phi) is 4.91. The van der Waals surface area contributed by atoms with E-state index in [1.807, 2.05) is 23.6 Å². The third-order valence-electron chi connectivity index (χ3n) is 3.40. The molecule has 20 heavy (non-hydrogen) atoms. The Bertz CT molecular complexity index is 454. The van der Waals surface area contributed by atoms with E-state index in [4.69, 9.17) is 0 Å². The molecule has 0 unspecified atom stereocenters. The van der Waals surface area contributed by atoms with Crippen LogP contribution in [0.1, 0.15) is 26.3 Å². The van der Waals surface area contributed by atoms with Crippen molar-refractivity contribution in [3.63, 3.8) is 0 Å². The van der Waals surface area contributed by atoms with Crippen LogP contribution in [0.2, 0.25) is 0 Å². The highest BCUT2D eigenvalue weighted by atomic mass is 32.2. The monoisotopic (exact) mass is 300 g/mol. The maximum atomic E-state index is 14.3. The summed E-state index contributed by atoms with van der Waals surface area (Å²) in [5, 5.41) is 3.08. The first kappa shape index (κ1) is 15.6. The largest absolute Gasteiger partial charge is 0.365 e. The third-order valence-corrected chi connectivity index (χ3v) is 4.69. The number of hydrogen-bond donors (Lipinski definition) is 1. The van der Waals surface area contributed by atoms with E-state index >= 15 is 0 Å². The number of thioether (sulfide) groups is 1. The molecule has 2 rings (SSSR count). The minimum atomic E-state index is -0.458. The van der Waals surface area contributed by atoms with Crippen molar-refractivity contribution in [3.05, 3.63) is 29.3 Å². The van der Waals surface area contributed by atoms with E-state index in [2.05, 4.69) is 19.2 Å². The quantitative estimate of drug-likeness (QED) is 0.917. The van der Waals surface area contributed by atoms with E-state index in [0.29, 0.717) is 25.2 Å². The molecular formula is C15H22F2N2S. The Morgan fingerprint density at radius 1 is 1.30 bits per heavy atom. The minimum absolute atomic E-state index is 0.0273. The van der Waals surface area contributed by atoms with Gasteiger partial charge in [-0.15, -0.1) is 0 Å². The van der Waals surface area contributed by atoms with Crippen LogP contribution in [0.4, 0.5) is 14.5 Å². The SMILES string of the molecule is CCNCc1cc(F)c(N2CCSC(C)(C)C2)c(F)c1. The molecule has 1 fully saturated rings. The topological polar surface area (TPSA) is 15.3 Å².